The molecule has 4 heteroatoms. The van der Waals surface area contributed by atoms with Crippen molar-refractivity contribution in [1.29, 1.82) is 5.26 Å². The van der Waals surface area contributed by atoms with Crippen LogP contribution in [0.3, 0.4) is 0 Å². The molecule has 0 saturated heterocycles. The van der Waals surface area contributed by atoms with Crippen molar-refractivity contribution < 1.29 is 14.6 Å². The quantitative estimate of drug-likeness (QED) is 0.263. The predicted molar refractivity (Wildman–Crippen MR) is 33.0 cm³/mol. The highest BCUT2D eigenvalue weighted by Gasteiger charge is 2.08. The Bertz CT molecular complexity index is 190. The zero-order chi connectivity index (χ0) is 7.98. The third-order valence-electron chi connectivity index (χ3n) is 0.745. The third-order valence-corrected chi connectivity index (χ3v) is 0.745. The number of esters is 1. The number of aliphatic hydroxyl groups excluding tert-OH is 1. The van der Waals surface area contributed by atoms with Crippen LogP contribution in [0, 0.1) is 11.3 Å². The molecule has 0 amide bonds. The van der Waals surface area contributed by atoms with Crippen LogP contribution in [0.1, 0.15) is 6.92 Å². The molecule has 0 aliphatic rings. The smallest absolute Gasteiger partial charge is 0.352 e. The molecular weight excluding hydrogens is 134 g/mol. The summed E-state index contributed by atoms with van der Waals surface area (Å²) in [4.78, 5) is 10.5. The van der Waals surface area contributed by atoms with Crippen LogP contribution in [0.25, 0.3) is 0 Å². The lowest BCUT2D eigenvalue weighted by Gasteiger charge is -1.95. The molecule has 0 radical (unpaired) electrons. The Labute approximate surface area is 58.3 Å². The van der Waals surface area contributed by atoms with Crippen LogP contribution in [0.2, 0.25) is 0 Å². The van der Waals surface area contributed by atoms with Crippen molar-refractivity contribution in [3.05, 3.63) is 11.8 Å². The number of nitriles is 1. The van der Waals surface area contributed by atoms with Crippen LogP contribution in [0.4, 0.5) is 0 Å². The van der Waals surface area contributed by atoms with E-state index in [1.807, 2.05) is 0 Å². The molecule has 0 atom stereocenters. The zero-order valence-corrected chi connectivity index (χ0v) is 5.50. The standard InChI is InChI=1S/C6H7NO3/c1-2-10-6(9)5(3-7)4-8/h4,8H,2H2,1H3. The van der Waals surface area contributed by atoms with Crippen LogP contribution < -0.4 is 0 Å². The van der Waals surface area contributed by atoms with Crippen molar-refractivity contribution in [1.82, 2.24) is 0 Å². The topological polar surface area (TPSA) is 70.3 Å². The molecule has 0 heterocycles. The fraction of sp³-hybridized carbons (Fsp3) is 0.333. The molecular formula is C6H7NO3. The van der Waals surface area contributed by atoms with E-state index in [2.05, 4.69) is 4.74 Å². The molecule has 0 aliphatic heterocycles. The fourth-order valence-corrected chi connectivity index (χ4v) is 0.336. The van der Waals surface area contributed by atoms with E-state index in [1.165, 1.54) is 6.07 Å². The monoisotopic (exact) mass is 141 g/mol. The molecule has 4 nitrogen and oxygen atoms in total. The lowest BCUT2D eigenvalue weighted by atomic mass is 10.3. The number of carbonyl (C=O) groups is 1. The summed E-state index contributed by atoms with van der Waals surface area (Å²) in [5.74, 6) is -0.799. The van der Waals surface area contributed by atoms with Gasteiger partial charge in [0.25, 0.3) is 0 Å². The van der Waals surface area contributed by atoms with Crippen LogP contribution in [0.5, 0.6) is 0 Å². The summed E-state index contributed by atoms with van der Waals surface area (Å²) in [5, 5.41) is 16.4. The predicted octanol–water partition coefficient (Wildman–Crippen LogP) is 0.515. The van der Waals surface area contributed by atoms with Gasteiger partial charge < -0.3 is 9.84 Å². The Kier molecular flexibility index (Phi) is 3.73. The van der Waals surface area contributed by atoms with E-state index in [0.29, 0.717) is 6.26 Å². The maximum Gasteiger partial charge on any atom is 0.352 e. The minimum Gasteiger partial charge on any atom is -0.514 e. The van der Waals surface area contributed by atoms with Crippen molar-refractivity contribution >= 4 is 5.97 Å². The van der Waals surface area contributed by atoms with Crippen molar-refractivity contribution in [2.24, 2.45) is 0 Å². The average Bonchev–Trinajstić information content (AvgIpc) is 1.91. The Morgan fingerprint density at radius 3 is 2.80 bits per heavy atom. The normalized spacial score (nSPS) is 10.2. The van der Waals surface area contributed by atoms with Crippen LogP contribution >= 0.6 is 0 Å². The number of carbonyl (C=O) groups excluding carboxylic acids is 1. The second kappa shape index (κ2) is 4.39. The largest absolute Gasteiger partial charge is 0.514 e. The Morgan fingerprint density at radius 1 is 1.90 bits per heavy atom. The number of hydrogen-bond acceptors (Lipinski definition) is 4. The molecule has 0 saturated carbocycles. The van der Waals surface area contributed by atoms with Gasteiger partial charge in [-0.2, -0.15) is 5.26 Å². The van der Waals surface area contributed by atoms with E-state index >= 15 is 0 Å². The number of nitrogens with zero attached hydrogens (tertiary/aromatic N) is 1. The average molecular weight is 141 g/mol. The summed E-state index contributed by atoms with van der Waals surface area (Å²) in [6, 6.07) is 1.47. The highest BCUT2D eigenvalue weighted by Crippen LogP contribution is 1.93. The van der Waals surface area contributed by atoms with Gasteiger partial charge in [0.15, 0.2) is 5.57 Å². The summed E-state index contributed by atoms with van der Waals surface area (Å²) < 4.78 is 4.40. The minimum atomic E-state index is -0.799. The van der Waals surface area contributed by atoms with Gasteiger partial charge in [-0.25, -0.2) is 4.79 Å². The van der Waals surface area contributed by atoms with Gasteiger partial charge in [0.1, 0.15) is 12.3 Å². The lowest BCUT2D eigenvalue weighted by Crippen LogP contribution is -2.05. The highest BCUT2D eigenvalue weighted by atomic mass is 16.5. The van der Waals surface area contributed by atoms with Gasteiger partial charge in [-0.05, 0) is 6.92 Å². The molecule has 0 fully saturated rings. The summed E-state index contributed by atoms with van der Waals surface area (Å²) in [7, 11) is 0. The Hall–Kier alpha value is -1.50. The van der Waals surface area contributed by atoms with Gasteiger partial charge in [-0.3, -0.25) is 0 Å². The van der Waals surface area contributed by atoms with E-state index in [4.69, 9.17) is 10.4 Å². The van der Waals surface area contributed by atoms with E-state index in [9.17, 15) is 4.79 Å². The first-order valence-electron chi connectivity index (χ1n) is 2.67. The van der Waals surface area contributed by atoms with Gasteiger partial charge in [-0.15, -0.1) is 0 Å². The molecule has 0 unspecified atom stereocenters. The SMILES string of the molecule is CCOC(=O)C(C#N)=CO. The molecule has 0 aliphatic carbocycles. The van der Waals surface area contributed by atoms with E-state index < -0.39 is 5.97 Å². The fourth-order valence-electron chi connectivity index (χ4n) is 0.336. The molecule has 1 N–H and O–H groups in total. The van der Waals surface area contributed by atoms with Gasteiger partial charge >= 0.3 is 5.97 Å². The van der Waals surface area contributed by atoms with Gasteiger partial charge in [0.2, 0.25) is 0 Å². The molecule has 0 aromatic carbocycles. The van der Waals surface area contributed by atoms with Crippen molar-refractivity contribution in [3.63, 3.8) is 0 Å². The second-order valence-corrected chi connectivity index (χ2v) is 1.38. The summed E-state index contributed by atoms with van der Waals surface area (Å²) in [5.41, 5.74) is -0.387. The Morgan fingerprint density at radius 2 is 2.50 bits per heavy atom. The van der Waals surface area contributed by atoms with Gasteiger partial charge in [-0.1, -0.05) is 0 Å². The van der Waals surface area contributed by atoms with Crippen LogP contribution in [-0.2, 0) is 9.53 Å². The van der Waals surface area contributed by atoms with E-state index in [1.54, 1.807) is 6.92 Å². The first kappa shape index (κ1) is 8.50. The third kappa shape index (κ3) is 2.18. The molecule has 0 spiro atoms. The Balaban J connectivity index is 4.08. The first-order valence-corrected chi connectivity index (χ1v) is 2.67. The summed E-state index contributed by atoms with van der Waals surface area (Å²) in [6.45, 7) is 1.81. The highest BCUT2D eigenvalue weighted by molar-refractivity contribution is 5.92. The zero-order valence-electron chi connectivity index (χ0n) is 5.50. The number of hydrogen-bond donors (Lipinski definition) is 1. The molecule has 0 bridgehead atoms. The summed E-state index contributed by atoms with van der Waals surface area (Å²) >= 11 is 0. The second-order valence-electron chi connectivity index (χ2n) is 1.38. The lowest BCUT2D eigenvalue weighted by molar-refractivity contribution is -0.138. The molecule has 0 rings (SSSR count). The van der Waals surface area contributed by atoms with Crippen molar-refractivity contribution in [2.45, 2.75) is 6.92 Å². The minimum absolute atomic E-state index is 0.192. The van der Waals surface area contributed by atoms with Gasteiger partial charge in [0.05, 0.1) is 6.61 Å². The number of rotatable bonds is 2. The first-order chi connectivity index (χ1) is 4.76. The number of aliphatic hydroxyl groups is 1. The maximum absolute atomic E-state index is 10.5. The molecule has 10 heavy (non-hydrogen) atoms. The molecule has 0 aromatic heterocycles. The van der Waals surface area contributed by atoms with Crippen LogP contribution in [0.15, 0.2) is 11.8 Å². The van der Waals surface area contributed by atoms with Crippen molar-refractivity contribution in [3.8, 4) is 6.07 Å². The van der Waals surface area contributed by atoms with Crippen LogP contribution in [-0.4, -0.2) is 17.7 Å². The molecule has 54 valence electrons. The number of ether oxygens (including phenoxy) is 1. The van der Waals surface area contributed by atoms with Gasteiger partial charge in [0, 0.05) is 0 Å². The maximum atomic E-state index is 10.5. The molecule has 0 aromatic rings. The van der Waals surface area contributed by atoms with E-state index in [0.717, 1.165) is 0 Å². The van der Waals surface area contributed by atoms with Crippen molar-refractivity contribution in [2.75, 3.05) is 6.61 Å². The summed E-state index contributed by atoms with van der Waals surface area (Å²) in [6.07, 6.45) is 0.429. The van der Waals surface area contributed by atoms with E-state index in [-0.39, 0.29) is 12.2 Å².